The smallest absolute Gasteiger partial charge is 0.269 e. The molecule has 0 radical (unpaired) electrons. The number of halogens is 1. The highest BCUT2D eigenvalue weighted by molar-refractivity contribution is 9.10. The Morgan fingerprint density at radius 2 is 2.05 bits per heavy atom. The lowest BCUT2D eigenvalue weighted by Gasteiger charge is -2.00. The summed E-state index contributed by atoms with van der Waals surface area (Å²) in [6.45, 7) is 0. The van der Waals surface area contributed by atoms with Crippen LogP contribution in [0.15, 0.2) is 46.3 Å². The van der Waals surface area contributed by atoms with Crippen molar-refractivity contribution < 1.29 is 9.72 Å². The monoisotopic (exact) mass is 352 g/mol. The molecule has 0 saturated heterocycles. The van der Waals surface area contributed by atoms with Gasteiger partial charge in [-0.25, -0.2) is 0 Å². The van der Waals surface area contributed by atoms with Crippen molar-refractivity contribution >= 4 is 50.6 Å². The summed E-state index contributed by atoms with van der Waals surface area (Å²) in [5, 5.41) is 15.1. The first-order valence-corrected chi connectivity index (χ1v) is 7.19. The lowest BCUT2D eigenvalue weighted by molar-refractivity contribution is -0.384. The van der Waals surface area contributed by atoms with E-state index in [1.165, 1.54) is 41.7 Å². The van der Waals surface area contributed by atoms with E-state index >= 15 is 0 Å². The van der Waals surface area contributed by atoms with Crippen molar-refractivity contribution in [3.8, 4) is 0 Å². The van der Waals surface area contributed by atoms with Gasteiger partial charge in [0, 0.05) is 38.6 Å². The number of nitrogens with zero attached hydrogens (tertiary/aromatic N) is 1. The van der Waals surface area contributed by atoms with Gasteiger partial charge in [-0.1, -0.05) is 0 Å². The summed E-state index contributed by atoms with van der Waals surface area (Å²) in [6.07, 6.45) is 3.12. The van der Waals surface area contributed by atoms with E-state index in [4.69, 9.17) is 0 Å². The van der Waals surface area contributed by atoms with Gasteiger partial charge in [-0.15, -0.1) is 11.3 Å². The minimum atomic E-state index is -0.486. The summed E-state index contributed by atoms with van der Waals surface area (Å²) in [4.78, 5) is 22.6. The molecule has 2 rings (SSSR count). The van der Waals surface area contributed by atoms with Crippen LogP contribution in [-0.2, 0) is 4.79 Å². The molecule has 0 unspecified atom stereocenters. The van der Waals surface area contributed by atoms with Crippen LogP contribution in [0.5, 0.6) is 0 Å². The van der Waals surface area contributed by atoms with E-state index in [1.54, 1.807) is 6.08 Å². The fourth-order valence-electron chi connectivity index (χ4n) is 1.42. The van der Waals surface area contributed by atoms with Crippen LogP contribution in [0.2, 0.25) is 0 Å². The molecule has 0 aliphatic rings. The van der Waals surface area contributed by atoms with E-state index in [2.05, 4.69) is 21.2 Å². The van der Waals surface area contributed by atoms with Crippen molar-refractivity contribution in [3.05, 3.63) is 61.3 Å². The fourth-order valence-corrected chi connectivity index (χ4v) is 2.76. The number of carbonyl (C=O) groups excluding carboxylic acids is 1. The predicted molar refractivity (Wildman–Crippen MR) is 82.8 cm³/mol. The first-order valence-electron chi connectivity index (χ1n) is 5.52. The third-order valence-corrected chi connectivity index (χ3v) is 3.99. The number of nitro groups is 1. The number of amides is 1. The number of hydrogen-bond acceptors (Lipinski definition) is 4. The quantitative estimate of drug-likeness (QED) is 0.512. The molecule has 5 nitrogen and oxygen atoms in total. The second-order valence-corrected chi connectivity index (χ2v) is 5.65. The van der Waals surface area contributed by atoms with Crippen LogP contribution in [0.25, 0.3) is 6.08 Å². The second kappa shape index (κ2) is 6.44. The molecule has 2 aromatic rings. The number of thiophene rings is 1. The molecule has 1 heterocycles. The molecular weight excluding hydrogens is 344 g/mol. The van der Waals surface area contributed by atoms with Crippen molar-refractivity contribution in [3.63, 3.8) is 0 Å². The van der Waals surface area contributed by atoms with Gasteiger partial charge in [0.1, 0.15) is 0 Å². The molecule has 0 atom stereocenters. The topological polar surface area (TPSA) is 72.2 Å². The van der Waals surface area contributed by atoms with Gasteiger partial charge in [-0.05, 0) is 40.2 Å². The Morgan fingerprint density at radius 3 is 2.60 bits per heavy atom. The Bertz CT molecular complexity index is 665. The highest BCUT2D eigenvalue weighted by Gasteiger charge is 2.04. The van der Waals surface area contributed by atoms with Crippen molar-refractivity contribution in [2.75, 3.05) is 5.32 Å². The Hall–Kier alpha value is -1.99. The normalized spacial score (nSPS) is 10.7. The minimum absolute atomic E-state index is 0.0121. The Balaban J connectivity index is 1.97. The Morgan fingerprint density at radius 1 is 1.35 bits per heavy atom. The van der Waals surface area contributed by atoms with Gasteiger partial charge >= 0.3 is 0 Å². The van der Waals surface area contributed by atoms with Gasteiger partial charge in [-0.2, -0.15) is 0 Å². The summed E-state index contributed by atoms with van der Waals surface area (Å²) in [7, 11) is 0. The zero-order chi connectivity index (χ0) is 14.5. The largest absolute Gasteiger partial charge is 0.323 e. The Labute approximate surface area is 127 Å². The average Bonchev–Trinajstić information content (AvgIpc) is 2.83. The molecule has 1 amide bonds. The van der Waals surface area contributed by atoms with Crippen LogP contribution < -0.4 is 5.32 Å². The lowest BCUT2D eigenvalue weighted by Crippen LogP contribution is -2.07. The molecule has 1 aromatic heterocycles. The van der Waals surface area contributed by atoms with Crippen molar-refractivity contribution in [1.82, 2.24) is 0 Å². The number of hydrogen-bond donors (Lipinski definition) is 1. The molecule has 0 aliphatic heterocycles. The van der Waals surface area contributed by atoms with E-state index < -0.39 is 4.92 Å². The van der Waals surface area contributed by atoms with Crippen LogP contribution in [0, 0.1) is 10.1 Å². The first-order chi connectivity index (χ1) is 9.54. The van der Waals surface area contributed by atoms with Crippen LogP contribution in [-0.4, -0.2) is 10.8 Å². The maximum atomic E-state index is 11.7. The van der Waals surface area contributed by atoms with Crippen LogP contribution in [0.4, 0.5) is 11.4 Å². The van der Waals surface area contributed by atoms with E-state index in [1.807, 2.05) is 11.4 Å². The third-order valence-electron chi connectivity index (χ3n) is 2.33. The molecule has 102 valence electrons. The van der Waals surface area contributed by atoms with Gasteiger partial charge < -0.3 is 5.32 Å². The highest BCUT2D eigenvalue weighted by atomic mass is 79.9. The maximum absolute atomic E-state index is 11.7. The van der Waals surface area contributed by atoms with Gasteiger partial charge in [0.15, 0.2) is 0 Å². The summed E-state index contributed by atoms with van der Waals surface area (Å²) in [5.41, 5.74) is 0.500. The zero-order valence-corrected chi connectivity index (χ0v) is 12.5. The average molecular weight is 353 g/mol. The first kappa shape index (κ1) is 14.4. The Kier molecular flexibility index (Phi) is 4.65. The molecular formula is C13H9BrN2O3S. The summed E-state index contributed by atoms with van der Waals surface area (Å²) >= 11 is 4.85. The van der Waals surface area contributed by atoms with Crippen molar-refractivity contribution in [2.45, 2.75) is 0 Å². The lowest BCUT2D eigenvalue weighted by atomic mass is 10.3. The molecule has 0 spiro atoms. The van der Waals surface area contributed by atoms with Crippen LogP contribution in [0.1, 0.15) is 4.88 Å². The summed E-state index contributed by atoms with van der Waals surface area (Å²) in [5.74, 6) is -0.289. The van der Waals surface area contributed by atoms with Crippen molar-refractivity contribution in [2.24, 2.45) is 0 Å². The number of benzene rings is 1. The van der Waals surface area contributed by atoms with Crippen LogP contribution in [0.3, 0.4) is 0 Å². The molecule has 0 aliphatic carbocycles. The molecule has 1 N–H and O–H groups in total. The standard InChI is InChI=1S/C13H9BrN2O3S/c14-9-7-12(20-8-9)5-6-13(17)15-10-1-3-11(4-2-10)16(18)19/h1-8H,(H,15,17). The SMILES string of the molecule is O=C(C=Cc1cc(Br)cs1)Nc1ccc([N+](=O)[O-])cc1. The van der Waals surface area contributed by atoms with Gasteiger partial charge in [0.25, 0.3) is 5.69 Å². The van der Waals surface area contributed by atoms with E-state index in [-0.39, 0.29) is 11.6 Å². The van der Waals surface area contributed by atoms with Gasteiger partial charge in [0.05, 0.1) is 4.92 Å². The molecule has 20 heavy (non-hydrogen) atoms. The van der Waals surface area contributed by atoms with Crippen molar-refractivity contribution in [1.29, 1.82) is 0 Å². The predicted octanol–water partition coefficient (Wildman–Crippen LogP) is 4.07. The maximum Gasteiger partial charge on any atom is 0.269 e. The molecule has 1 aromatic carbocycles. The molecule has 0 bridgehead atoms. The van der Waals surface area contributed by atoms with E-state index in [0.717, 1.165) is 9.35 Å². The molecule has 0 fully saturated rings. The van der Waals surface area contributed by atoms with E-state index in [9.17, 15) is 14.9 Å². The number of carbonyl (C=O) groups is 1. The number of nitro benzene ring substituents is 1. The van der Waals surface area contributed by atoms with Gasteiger partial charge in [-0.3, -0.25) is 14.9 Å². The number of non-ortho nitro benzene ring substituents is 1. The number of rotatable bonds is 4. The molecule has 7 heteroatoms. The van der Waals surface area contributed by atoms with Gasteiger partial charge in [0.2, 0.25) is 5.91 Å². The third kappa shape index (κ3) is 4.01. The fraction of sp³-hybridized carbons (Fsp3) is 0. The van der Waals surface area contributed by atoms with Crippen LogP contribution >= 0.6 is 27.3 Å². The minimum Gasteiger partial charge on any atom is -0.323 e. The van der Waals surface area contributed by atoms with E-state index in [0.29, 0.717) is 5.69 Å². The summed E-state index contributed by atoms with van der Waals surface area (Å²) < 4.78 is 0.970. The number of anilines is 1. The molecule has 0 saturated carbocycles. The second-order valence-electron chi connectivity index (χ2n) is 3.79. The highest BCUT2D eigenvalue weighted by Crippen LogP contribution is 2.21. The summed E-state index contributed by atoms with van der Waals surface area (Å²) in [6, 6.07) is 7.57. The zero-order valence-electron chi connectivity index (χ0n) is 10.1. The number of nitrogens with one attached hydrogen (secondary N) is 1.